The van der Waals surface area contributed by atoms with Crippen molar-refractivity contribution in [2.45, 2.75) is 6.92 Å². The van der Waals surface area contributed by atoms with Gasteiger partial charge in [0.1, 0.15) is 0 Å². The van der Waals surface area contributed by atoms with Gasteiger partial charge in [0, 0.05) is 47.5 Å². The minimum absolute atomic E-state index is 0.661. The molecule has 0 atom stereocenters. The Hall–Kier alpha value is -5.84. The van der Waals surface area contributed by atoms with Crippen LogP contribution in [-0.2, 0) is 0 Å². The van der Waals surface area contributed by atoms with Crippen LogP contribution in [-0.4, -0.2) is 14.5 Å². The highest BCUT2D eigenvalue weighted by atomic mass is 32.1. The van der Waals surface area contributed by atoms with Gasteiger partial charge < -0.3 is 4.57 Å². The third-order valence-corrected chi connectivity index (χ3v) is 10.3. The van der Waals surface area contributed by atoms with Gasteiger partial charge in [-0.1, -0.05) is 134 Å². The van der Waals surface area contributed by atoms with Crippen LogP contribution in [0.1, 0.15) is 12.7 Å². The van der Waals surface area contributed by atoms with Gasteiger partial charge >= 0.3 is 0 Å². The van der Waals surface area contributed by atoms with Crippen LogP contribution >= 0.6 is 11.3 Å². The van der Waals surface area contributed by atoms with Gasteiger partial charge in [-0.3, -0.25) is 0 Å². The smallest absolute Gasteiger partial charge is 0.159 e. The van der Waals surface area contributed by atoms with Crippen LogP contribution in [0.4, 0.5) is 0 Å². The number of nitrogens with zero attached hydrogens (tertiary/aromatic N) is 3. The molecule has 0 unspecified atom stereocenters. The Morgan fingerprint density at radius 2 is 1.45 bits per heavy atom. The summed E-state index contributed by atoms with van der Waals surface area (Å²) in [4.78, 5) is 10.3. The molecular weight excluding hydrogens is 591 g/mol. The maximum Gasteiger partial charge on any atom is 0.159 e. The average Bonchev–Trinajstić information content (AvgIpc) is 3.69. The summed E-state index contributed by atoms with van der Waals surface area (Å²) in [6.45, 7) is 5.95. The van der Waals surface area contributed by atoms with E-state index in [2.05, 4.69) is 120 Å². The van der Waals surface area contributed by atoms with E-state index in [9.17, 15) is 0 Å². The Bertz CT molecular complexity index is 2760. The monoisotopic (exact) mass is 619 g/mol. The number of benzene rings is 6. The van der Waals surface area contributed by atoms with E-state index >= 15 is 0 Å². The Morgan fingerprint density at radius 3 is 2.26 bits per heavy atom. The fourth-order valence-electron chi connectivity index (χ4n) is 7.18. The summed E-state index contributed by atoms with van der Waals surface area (Å²) >= 11 is 1.89. The molecule has 6 aromatic carbocycles. The highest BCUT2D eigenvalue weighted by Crippen LogP contribution is 2.49. The molecule has 47 heavy (non-hydrogen) atoms. The zero-order valence-electron chi connectivity index (χ0n) is 25.8. The molecule has 3 aromatic heterocycles. The van der Waals surface area contributed by atoms with Gasteiger partial charge in [-0.15, -0.1) is 11.3 Å². The zero-order chi connectivity index (χ0) is 31.5. The molecular formula is C43H29N3S. The van der Waals surface area contributed by atoms with E-state index in [-0.39, 0.29) is 0 Å². The number of aromatic nitrogens is 3. The van der Waals surface area contributed by atoms with Crippen LogP contribution in [0.5, 0.6) is 0 Å². The maximum absolute atomic E-state index is 5.29. The molecule has 3 nitrogen and oxygen atoms in total. The number of thiophene rings is 1. The second kappa shape index (κ2) is 10.9. The van der Waals surface area contributed by atoms with Crippen molar-refractivity contribution < 1.29 is 0 Å². The Kier molecular flexibility index (Phi) is 6.37. The van der Waals surface area contributed by atoms with Crippen LogP contribution in [0, 0.1) is 0 Å². The van der Waals surface area contributed by atoms with Crippen molar-refractivity contribution in [3.63, 3.8) is 0 Å². The number of rotatable bonds is 5. The van der Waals surface area contributed by atoms with Crippen LogP contribution < -0.4 is 0 Å². The summed E-state index contributed by atoms with van der Waals surface area (Å²) in [5, 5.41) is 10.1. The molecule has 0 fully saturated rings. The maximum atomic E-state index is 5.29. The summed E-state index contributed by atoms with van der Waals surface area (Å²) < 4.78 is 5.02. The first-order chi connectivity index (χ1) is 23.3. The molecule has 222 valence electrons. The molecule has 0 amide bonds. The molecule has 0 saturated heterocycles. The first kappa shape index (κ1) is 27.5. The topological polar surface area (TPSA) is 30.7 Å². The Balaban J connectivity index is 1.54. The second-order valence-electron chi connectivity index (χ2n) is 11.7. The summed E-state index contributed by atoms with van der Waals surface area (Å²) in [6.07, 6.45) is 9.79. The molecule has 4 heteroatoms. The molecule has 0 bridgehead atoms. The van der Waals surface area contributed by atoms with E-state index in [1.165, 1.54) is 58.0 Å². The Labute approximate surface area is 276 Å². The van der Waals surface area contributed by atoms with E-state index in [0.29, 0.717) is 5.82 Å². The largest absolute Gasteiger partial charge is 0.305 e. The fraction of sp³-hybridized carbons (Fsp3) is 0.0233. The quantitative estimate of drug-likeness (QED) is 0.179. The predicted molar refractivity (Wildman–Crippen MR) is 203 cm³/mol. The number of fused-ring (bicyclic) bond motifs is 12. The predicted octanol–water partition coefficient (Wildman–Crippen LogP) is 12.1. The first-order valence-electron chi connectivity index (χ1n) is 15.8. The lowest BCUT2D eigenvalue weighted by atomic mass is 9.98. The minimum atomic E-state index is 0.661. The van der Waals surface area contributed by atoms with Crippen molar-refractivity contribution in [1.29, 1.82) is 0 Å². The molecule has 0 aliphatic carbocycles. The van der Waals surface area contributed by atoms with E-state index < -0.39 is 0 Å². The lowest BCUT2D eigenvalue weighted by molar-refractivity contribution is 1.06. The fourth-order valence-corrected chi connectivity index (χ4v) is 8.45. The van der Waals surface area contributed by atoms with E-state index in [4.69, 9.17) is 9.97 Å². The summed E-state index contributed by atoms with van der Waals surface area (Å²) in [5.74, 6) is 0.661. The number of hydrogen-bond donors (Lipinski definition) is 0. The van der Waals surface area contributed by atoms with Gasteiger partial charge in [0.25, 0.3) is 0 Å². The van der Waals surface area contributed by atoms with Crippen molar-refractivity contribution in [2.24, 2.45) is 0 Å². The minimum Gasteiger partial charge on any atom is -0.305 e. The first-order valence-corrected chi connectivity index (χ1v) is 16.6. The molecule has 9 aromatic rings. The normalized spacial score (nSPS) is 12.5. The summed E-state index contributed by atoms with van der Waals surface area (Å²) in [5.41, 5.74) is 6.08. The molecule has 3 heterocycles. The van der Waals surface area contributed by atoms with Crippen LogP contribution in [0.3, 0.4) is 0 Å². The van der Waals surface area contributed by atoms with Crippen molar-refractivity contribution in [1.82, 2.24) is 14.5 Å². The highest BCUT2D eigenvalue weighted by molar-refractivity contribution is 7.27. The van der Waals surface area contributed by atoms with Crippen molar-refractivity contribution in [3.05, 3.63) is 158 Å². The van der Waals surface area contributed by atoms with Crippen LogP contribution in [0.15, 0.2) is 152 Å². The second-order valence-corrected chi connectivity index (χ2v) is 12.8. The van der Waals surface area contributed by atoms with Crippen LogP contribution in [0.2, 0.25) is 0 Å². The van der Waals surface area contributed by atoms with Crippen molar-refractivity contribution in [2.75, 3.05) is 0 Å². The third kappa shape index (κ3) is 4.12. The molecule has 0 aliphatic rings. The lowest BCUT2D eigenvalue weighted by Gasteiger charge is -2.16. The Morgan fingerprint density at radius 1 is 0.723 bits per heavy atom. The molecule has 0 aliphatic heterocycles. The highest BCUT2D eigenvalue weighted by Gasteiger charge is 2.25. The number of hydrogen-bond acceptors (Lipinski definition) is 3. The van der Waals surface area contributed by atoms with E-state index in [1.54, 1.807) is 6.08 Å². The number of allylic oxidation sites excluding steroid dienone is 5. The van der Waals surface area contributed by atoms with Gasteiger partial charge in [0.15, 0.2) is 5.82 Å². The average molecular weight is 620 g/mol. The molecule has 0 spiro atoms. The van der Waals surface area contributed by atoms with E-state index in [1.807, 2.05) is 48.8 Å². The standard InChI is InChI=1S/C43H29N3S/c1-3-14-29(15-4-2)43-44-26-35(40(45-43)28-17-6-5-7-18-28)46-34-25-24-27-16-8-9-19-30(27)38(34)39-41(46)32-21-11-10-20-31(32)37-33-22-12-13-23-36(33)47-42(37)39/h3-26H,1H2,2H3/b15-4-,29-14+. The third-order valence-electron chi connectivity index (χ3n) is 9.09. The van der Waals surface area contributed by atoms with Gasteiger partial charge in [0.2, 0.25) is 0 Å². The SMILES string of the molecule is C=C/C=C(\C=C/C)c1ncc(-n2c3ccc4ccccc4c3c3c4sc5ccccc5c4c4ccccc4c32)c(-c2ccccc2)n1. The van der Waals surface area contributed by atoms with Gasteiger partial charge in [-0.25, -0.2) is 9.97 Å². The van der Waals surface area contributed by atoms with E-state index in [0.717, 1.165) is 28.0 Å². The summed E-state index contributed by atoms with van der Waals surface area (Å²) in [7, 11) is 0. The van der Waals surface area contributed by atoms with Gasteiger partial charge in [-0.05, 0) is 35.2 Å². The lowest BCUT2D eigenvalue weighted by Crippen LogP contribution is -2.04. The molecule has 0 N–H and O–H groups in total. The van der Waals surface area contributed by atoms with Crippen molar-refractivity contribution >= 4 is 80.4 Å². The molecule has 0 saturated carbocycles. The van der Waals surface area contributed by atoms with Gasteiger partial charge in [0.05, 0.1) is 28.6 Å². The molecule has 9 rings (SSSR count). The summed E-state index contributed by atoms with van der Waals surface area (Å²) in [6, 6.07) is 41.4. The molecule has 0 radical (unpaired) electrons. The van der Waals surface area contributed by atoms with Crippen LogP contribution in [0.25, 0.3) is 86.0 Å². The van der Waals surface area contributed by atoms with Gasteiger partial charge in [-0.2, -0.15) is 0 Å². The zero-order valence-corrected chi connectivity index (χ0v) is 26.6. The van der Waals surface area contributed by atoms with Crippen molar-refractivity contribution in [3.8, 4) is 16.9 Å².